The number of methoxy groups -OCH3 is 2. The molecule has 3 aromatic rings. The summed E-state index contributed by atoms with van der Waals surface area (Å²) < 4.78 is 10.4. The number of nitrogens with zero attached hydrogens (tertiary/aromatic N) is 2. The van der Waals surface area contributed by atoms with Crippen molar-refractivity contribution in [3.05, 3.63) is 64.2 Å². The number of carbonyl (C=O) groups excluding carboxylic acids is 1. The van der Waals surface area contributed by atoms with Gasteiger partial charge in [0.2, 0.25) is 0 Å². The highest BCUT2D eigenvalue weighted by molar-refractivity contribution is 5.94. The average molecular weight is 353 g/mol. The summed E-state index contributed by atoms with van der Waals surface area (Å²) in [5.74, 6) is 1.23. The normalized spacial score (nSPS) is 10.6. The molecule has 7 heteroatoms. The first kappa shape index (κ1) is 17.5. The zero-order valence-corrected chi connectivity index (χ0v) is 14.8. The maximum Gasteiger partial charge on any atom is 0.258 e. The molecule has 0 atom stereocenters. The number of fused-ring (bicyclic) bond motifs is 1. The predicted octanol–water partition coefficient (Wildman–Crippen LogP) is 2.21. The van der Waals surface area contributed by atoms with Gasteiger partial charge in [-0.3, -0.25) is 9.59 Å². The van der Waals surface area contributed by atoms with Crippen LogP contribution in [0.3, 0.4) is 0 Å². The Balaban J connectivity index is 1.85. The number of nitrogens with one attached hydrogen (secondary N) is 1. The number of H-pyrrole nitrogens is 1. The summed E-state index contributed by atoms with van der Waals surface area (Å²) in [6.45, 7) is 0.174. The summed E-state index contributed by atoms with van der Waals surface area (Å²) >= 11 is 0. The molecular formula is C19H19N3O4. The Hall–Kier alpha value is -3.35. The van der Waals surface area contributed by atoms with Crippen LogP contribution in [0.5, 0.6) is 11.5 Å². The van der Waals surface area contributed by atoms with Crippen molar-refractivity contribution in [3.8, 4) is 11.5 Å². The number of rotatable bonds is 5. The Labute approximate surface area is 150 Å². The van der Waals surface area contributed by atoms with Crippen LogP contribution in [0.25, 0.3) is 10.9 Å². The van der Waals surface area contributed by atoms with Crippen LogP contribution in [0.1, 0.15) is 16.2 Å². The standard InChI is InChI=1S/C19H19N3O4/c1-22(19(24)12-8-9-15(25-2)16(10-12)26-3)11-17-20-14-7-5-4-6-13(14)18(23)21-17/h4-10H,11H2,1-3H3,(H,20,21,23). The highest BCUT2D eigenvalue weighted by Crippen LogP contribution is 2.28. The van der Waals surface area contributed by atoms with Gasteiger partial charge < -0.3 is 19.4 Å². The molecule has 0 aliphatic rings. The SMILES string of the molecule is COc1ccc(C(=O)N(C)Cc2nc3ccccc3c(=O)[nH]2)cc1OC. The molecule has 1 aromatic heterocycles. The third kappa shape index (κ3) is 3.37. The maximum atomic E-state index is 12.7. The molecule has 134 valence electrons. The van der Waals surface area contributed by atoms with Gasteiger partial charge in [-0.15, -0.1) is 0 Å². The van der Waals surface area contributed by atoms with Gasteiger partial charge in [-0.2, -0.15) is 0 Å². The van der Waals surface area contributed by atoms with Gasteiger partial charge in [0.25, 0.3) is 11.5 Å². The summed E-state index contributed by atoms with van der Waals surface area (Å²) in [5.41, 5.74) is 0.823. The second kappa shape index (κ2) is 7.26. The zero-order chi connectivity index (χ0) is 18.7. The van der Waals surface area contributed by atoms with E-state index in [1.165, 1.54) is 19.1 Å². The number of benzene rings is 2. The third-order valence-electron chi connectivity index (χ3n) is 4.03. The van der Waals surface area contributed by atoms with Crippen LogP contribution in [0.4, 0.5) is 0 Å². The van der Waals surface area contributed by atoms with Crippen molar-refractivity contribution in [2.75, 3.05) is 21.3 Å². The van der Waals surface area contributed by atoms with E-state index in [0.717, 1.165) is 0 Å². The van der Waals surface area contributed by atoms with E-state index in [9.17, 15) is 9.59 Å². The molecule has 1 amide bonds. The lowest BCUT2D eigenvalue weighted by Gasteiger charge is -2.17. The lowest BCUT2D eigenvalue weighted by Crippen LogP contribution is -2.28. The smallest absolute Gasteiger partial charge is 0.258 e. The van der Waals surface area contributed by atoms with Gasteiger partial charge in [-0.1, -0.05) is 12.1 Å². The van der Waals surface area contributed by atoms with Crippen LogP contribution >= 0.6 is 0 Å². The molecule has 0 saturated carbocycles. The zero-order valence-electron chi connectivity index (χ0n) is 14.8. The molecule has 0 aliphatic heterocycles. The molecule has 0 unspecified atom stereocenters. The molecule has 0 bridgehead atoms. The van der Waals surface area contributed by atoms with E-state index in [2.05, 4.69) is 9.97 Å². The van der Waals surface area contributed by atoms with Gasteiger partial charge >= 0.3 is 0 Å². The monoisotopic (exact) mass is 353 g/mol. The summed E-state index contributed by atoms with van der Waals surface area (Å²) in [6.07, 6.45) is 0. The molecule has 26 heavy (non-hydrogen) atoms. The van der Waals surface area contributed by atoms with Gasteiger partial charge in [0.1, 0.15) is 5.82 Å². The van der Waals surface area contributed by atoms with Crippen LogP contribution in [0, 0.1) is 0 Å². The van der Waals surface area contributed by atoms with Crippen molar-refractivity contribution < 1.29 is 14.3 Å². The highest BCUT2D eigenvalue weighted by atomic mass is 16.5. The average Bonchev–Trinajstić information content (AvgIpc) is 2.66. The van der Waals surface area contributed by atoms with Crippen LogP contribution in [0.15, 0.2) is 47.3 Å². The number of ether oxygens (including phenoxy) is 2. The second-order valence-corrected chi connectivity index (χ2v) is 5.76. The van der Waals surface area contributed by atoms with Crippen molar-refractivity contribution in [2.45, 2.75) is 6.54 Å². The number of aromatic nitrogens is 2. The van der Waals surface area contributed by atoms with E-state index in [0.29, 0.717) is 33.8 Å². The first-order chi connectivity index (χ1) is 12.5. The molecule has 3 rings (SSSR count). The summed E-state index contributed by atoms with van der Waals surface area (Å²) in [5, 5.41) is 0.519. The summed E-state index contributed by atoms with van der Waals surface area (Å²) in [6, 6.07) is 12.0. The third-order valence-corrected chi connectivity index (χ3v) is 4.03. The fourth-order valence-corrected chi connectivity index (χ4v) is 2.70. The molecule has 2 aromatic carbocycles. The Morgan fingerprint density at radius 3 is 2.58 bits per heavy atom. The molecule has 0 radical (unpaired) electrons. The van der Waals surface area contributed by atoms with E-state index < -0.39 is 0 Å². The van der Waals surface area contributed by atoms with E-state index in [1.54, 1.807) is 43.4 Å². The minimum absolute atomic E-state index is 0.174. The van der Waals surface area contributed by atoms with Crippen molar-refractivity contribution in [1.29, 1.82) is 0 Å². The van der Waals surface area contributed by atoms with E-state index in [1.807, 2.05) is 6.07 Å². The molecule has 7 nitrogen and oxygen atoms in total. The second-order valence-electron chi connectivity index (χ2n) is 5.76. The van der Waals surface area contributed by atoms with Crippen LogP contribution in [0.2, 0.25) is 0 Å². The Kier molecular flexibility index (Phi) is 4.88. The summed E-state index contributed by atoms with van der Waals surface area (Å²) in [7, 11) is 4.70. The van der Waals surface area contributed by atoms with Crippen molar-refractivity contribution >= 4 is 16.8 Å². The van der Waals surface area contributed by atoms with Gasteiger partial charge in [0, 0.05) is 12.6 Å². The number of aromatic amines is 1. The van der Waals surface area contributed by atoms with E-state index in [4.69, 9.17) is 9.47 Å². The largest absolute Gasteiger partial charge is 0.493 e. The molecule has 0 fully saturated rings. The highest BCUT2D eigenvalue weighted by Gasteiger charge is 2.16. The maximum absolute atomic E-state index is 12.7. The van der Waals surface area contributed by atoms with Crippen LogP contribution in [-0.2, 0) is 6.54 Å². The van der Waals surface area contributed by atoms with Crippen LogP contribution < -0.4 is 15.0 Å². The topological polar surface area (TPSA) is 84.5 Å². The minimum Gasteiger partial charge on any atom is -0.493 e. The number of amides is 1. The van der Waals surface area contributed by atoms with Crippen LogP contribution in [-0.4, -0.2) is 42.0 Å². The number of hydrogen-bond acceptors (Lipinski definition) is 5. The molecule has 0 aliphatic carbocycles. The molecule has 1 N–H and O–H groups in total. The molecule has 1 heterocycles. The Morgan fingerprint density at radius 2 is 1.85 bits per heavy atom. The van der Waals surface area contributed by atoms with Crippen molar-refractivity contribution in [1.82, 2.24) is 14.9 Å². The van der Waals surface area contributed by atoms with Gasteiger partial charge in [-0.25, -0.2) is 4.98 Å². The number of carbonyl (C=O) groups is 1. The lowest BCUT2D eigenvalue weighted by atomic mass is 10.1. The van der Waals surface area contributed by atoms with Crippen molar-refractivity contribution in [2.24, 2.45) is 0 Å². The first-order valence-corrected chi connectivity index (χ1v) is 7.99. The fraction of sp³-hybridized carbons (Fsp3) is 0.211. The first-order valence-electron chi connectivity index (χ1n) is 7.99. The van der Waals surface area contributed by atoms with Gasteiger partial charge in [0.05, 0.1) is 31.7 Å². The Bertz CT molecular complexity index is 1010. The van der Waals surface area contributed by atoms with Gasteiger partial charge in [-0.05, 0) is 30.3 Å². The number of hydrogen-bond donors (Lipinski definition) is 1. The van der Waals surface area contributed by atoms with E-state index >= 15 is 0 Å². The van der Waals surface area contributed by atoms with E-state index in [-0.39, 0.29) is 18.0 Å². The Morgan fingerprint density at radius 1 is 1.12 bits per heavy atom. The minimum atomic E-state index is -0.224. The summed E-state index contributed by atoms with van der Waals surface area (Å²) in [4.78, 5) is 33.4. The lowest BCUT2D eigenvalue weighted by molar-refractivity contribution is 0.0781. The molecule has 0 saturated heterocycles. The van der Waals surface area contributed by atoms with Crippen molar-refractivity contribution in [3.63, 3.8) is 0 Å². The molecular weight excluding hydrogens is 334 g/mol. The quantitative estimate of drug-likeness (QED) is 0.760. The fourth-order valence-electron chi connectivity index (χ4n) is 2.70. The van der Waals surface area contributed by atoms with Gasteiger partial charge in [0.15, 0.2) is 11.5 Å². The number of para-hydroxylation sites is 1. The molecule has 0 spiro atoms. The predicted molar refractivity (Wildman–Crippen MR) is 97.7 cm³/mol.